The molecule has 0 radical (unpaired) electrons. The van der Waals surface area contributed by atoms with Gasteiger partial charge in [-0.05, 0) is 30.5 Å². The van der Waals surface area contributed by atoms with E-state index in [4.69, 9.17) is 0 Å². The molecule has 0 aliphatic carbocycles. The predicted molar refractivity (Wildman–Crippen MR) is 79.2 cm³/mol. The van der Waals surface area contributed by atoms with Crippen molar-refractivity contribution in [3.8, 4) is 0 Å². The Bertz CT molecular complexity index is 450. The van der Waals surface area contributed by atoms with Crippen molar-refractivity contribution in [3.63, 3.8) is 0 Å². The maximum absolute atomic E-state index is 2.43. The van der Waals surface area contributed by atoms with E-state index < -0.39 is 0 Å². The van der Waals surface area contributed by atoms with Crippen molar-refractivity contribution in [2.45, 2.75) is 19.8 Å². The number of hydrogen-bond donors (Lipinski definition) is 0. The van der Waals surface area contributed by atoms with Gasteiger partial charge in [0.15, 0.2) is 0 Å². The fraction of sp³-hybridized carbons (Fsp3) is 0.294. The van der Waals surface area contributed by atoms with Crippen molar-refractivity contribution < 1.29 is 0 Å². The van der Waals surface area contributed by atoms with Crippen LogP contribution in [0.15, 0.2) is 60.7 Å². The van der Waals surface area contributed by atoms with Gasteiger partial charge in [-0.1, -0.05) is 55.5 Å². The Morgan fingerprint density at radius 3 is 2.00 bits per heavy atom. The van der Waals surface area contributed by atoms with Gasteiger partial charge in [0.1, 0.15) is 0 Å². The zero-order chi connectivity index (χ0) is 12.8. The Kier molecular flexibility index (Phi) is 4.40. The lowest BCUT2D eigenvalue weighted by Crippen LogP contribution is -2.27. The summed E-state index contributed by atoms with van der Waals surface area (Å²) in [5.74, 6) is 0.548. The second-order valence-electron chi connectivity index (χ2n) is 4.69. The average Bonchev–Trinajstić information content (AvgIpc) is 2.46. The normalized spacial score (nSPS) is 12.1. The highest BCUT2D eigenvalue weighted by Gasteiger charge is 2.10. The van der Waals surface area contributed by atoms with Crippen molar-refractivity contribution in [3.05, 3.63) is 66.2 Å². The topological polar surface area (TPSA) is 3.24 Å². The molecule has 0 heterocycles. The Balaban J connectivity index is 2.07. The predicted octanol–water partition coefficient (Wildman–Crippen LogP) is 4.32. The molecule has 0 aliphatic rings. The molecule has 0 fully saturated rings. The van der Waals surface area contributed by atoms with Crippen LogP contribution >= 0.6 is 0 Å². The summed E-state index contributed by atoms with van der Waals surface area (Å²) in [5, 5.41) is 0. The summed E-state index contributed by atoms with van der Waals surface area (Å²) < 4.78 is 0. The lowest BCUT2D eigenvalue weighted by molar-refractivity contribution is 0.702. The number of para-hydroxylation sites is 1. The summed E-state index contributed by atoms with van der Waals surface area (Å²) in [6.45, 7) is 6.61. The third-order valence-corrected chi connectivity index (χ3v) is 3.37. The molecule has 1 nitrogen and oxygen atoms in total. The number of benzene rings is 2. The Labute approximate surface area is 110 Å². The molecule has 0 amide bonds. The van der Waals surface area contributed by atoms with Gasteiger partial charge in [0.2, 0.25) is 0 Å². The smallest absolute Gasteiger partial charge is 0.0366 e. The first-order valence-corrected chi connectivity index (χ1v) is 6.66. The number of anilines is 1. The van der Waals surface area contributed by atoms with E-state index in [1.54, 1.807) is 0 Å². The van der Waals surface area contributed by atoms with Crippen LogP contribution < -0.4 is 4.90 Å². The second-order valence-corrected chi connectivity index (χ2v) is 4.69. The number of nitrogens with zero attached hydrogens (tertiary/aromatic N) is 1. The fourth-order valence-electron chi connectivity index (χ4n) is 2.27. The SMILES string of the molecule is CCN(CC(C)c1ccccc1)c1ccccc1. The highest BCUT2D eigenvalue weighted by atomic mass is 15.1. The summed E-state index contributed by atoms with van der Waals surface area (Å²) >= 11 is 0. The van der Waals surface area contributed by atoms with Gasteiger partial charge < -0.3 is 4.90 Å². The van der Waals surface area contributed by atoms with Crippen molar-refractivity contribution >= 4 is 5.69 Å². The van der Waals surface area contributed by atoms with Crippen LogP contribution in [0.1, 0.15) is 25.3 Å². The number of rotatable bonds is 5. The van der Waals surface area contributed by atoms with Crippen LogP contribution in [-0.2, 0) is 0 Å². The quantitative estimate of drug-likeness (QED) is 0.751. The Morgan fingerprint density at radius 1 is 0.889 bits per heavy atom. The van der Waals surface area contributed by atoms with Crippen molar-refractivity contribution in [1.82, 2.24) is 0 Å². The molecule has 0 aliphatic heterocycles. The molecular weight excluding hydrogens is 218 g/mol. The van der Waals surface area contributed by atoms with Crippen molar-refractivity contribution in [1.29, 1.82) is 0 Å². The van der Waals surface area contributed by atoms with Crippen LogP contribution in [0.5, 0.6) is 0 Å². The minimum Gasteiger partial charge on any atom is -0.371 e. The first-order chi connectivity index (χ1) is 8.81. The molecule has 1 unspecified atom stereocenters. The third-order valence-electron chi connectivity index (χ3n) is 3.37. The van der Waals surface area contributed by atoms with E-state index in [9.17, 15) is 0 Å². The van der Waals surface area contributed by atoms with E-state index in [1.165, 1.54) is 11.3 Å². The lowest BCUT2D eigenvalue weighted by atomic mass is 10.0. The van der Waals surface area contributed by atoms with Gasteiger partial charge in [0, 0.05) is 18.8 Å². The van der Waals surface area contributed by atoms with E-state index in [2.05, 4.69) is 79.4 Å². The molecule has 1 atom stereocenters. The minimum atomic E-state index is 0.548. The van der Waals surface area contributed by atoms with E-state index in [1.807, 2.05) is 0 Å². The van der Waals surface area contributed by atoms with E-state index in [0.29, 0.717) is 5.92 Å². The maximum atomic E-state index is 2.43. The summed E-state index contributed by atoms with van der Waals surface area (Å²) in [6, 6.07) is 21.4. The average molecular weight is 239 g/mol. The zero-order valence-electron chi connectivity index (χ0n) is 11.2. The van der Waals surface area contributed by atoms with Gasteiger partial charge in [0.25, 0.3) is 0 Å². The molecule has 0 N–H and O–H groups in total. The summed E-state index contributed by atoms with van der Waals surface area (Å²) in [6.07, 6.45) is 0. The van der Waals surface area contributed by atoms with Crippen LogP contribution in [0, 0.1) is 0 Å². The van der Waals surface area contributed by atoms with Gasteiger partial charge >= 0.3 is 0 Å². The van der Waals surface area contributed by atoms with Gasteiger partial charge in [-0.25, -0.2) is 0 Å². The molecule has 2 aromatic rings. The Hall–Kier alpha value is -1.76. The summed E-state index contributed by atoms with van der Waals surface area (Å²) in [5.41, 5.74) is 2.72. The molecule has 0 saturated carbocycles. The molecule has 0 saturated heterocycles. The number of likely N-dealkylation sites (N-methyl/N-ethyl adjacent to an activating group) is 1. The highest BCUT2D eigenvalue weighted by Crippen LogP contribution is 2.20. The molecule has 1 heteroatoms. The maximum Gasteiger partial charge on any atom is 0.0366 e. The van der Waals surface area contributed by atoms with E-state index in [-0.39, 0.29) is 0 Å². The summed E-state index contributed by atoms with van der Waals surface area (Å²) in [7, 11) is 0. The molecule has 0 aromatic heterocycles. The highest BCUT2D eigenvalue weighted by molar-refractivity contribution is 5.46. The van der Waals surface area contributed by atoms with Crippen LogP contribution in [-0.4, -0.2) is 13.1 Å². The lowest BCUT2D eigenvalue weighted by Gasteiger charge is -2.26. The fourth-order valence-corrected chi connectivity index (χ4v) is 2.27. The van der Waals surface area contributed by atoms with Crippen LogP contribution in [0.2, 0.25) is 0 Å². The third kappa shape index (κ3) is 3.13. The van der Waals surface area contributed by atoms with Gasteiger partial charge in [-0.15, -0.1) is 0 Å². The standard InChI is InChI=1S/C17H21N/c1-3-18(17-12-8-5-9-13-17)14-15(2)16-10-6-4-7-11-16/h4-13,15H,3,14H2,1-2H3. The molecule has 0 spiro atoms. The monoisotopic (exact) mass is 239 g/mol. The van der Waals surface area contributed by atoms with Crippen molar-refractivity contribution in [2.24, 2.45) is 0 Å². The zero-order valence-corrected chi connectivity index (χ0v) is 11.2. The number of hydrogen-bond acceptors (Lipinski definition) is 1. The van der Waals surface area contributed by atoms with Crippen molar-refractivity contribution in [2.75, 3.05) is 18.0 Å². The minimum absolute atomic E-state index is 0.548. The largest absolute Gasteiger partial charge is 0.371 e. The van der Waals surface area contributed by atoms with E-state index >= 15 is 0 Å². The van der Waals surface area contributed by atoms with Crippen LogP contribution in [0.25, 0.3) is 0 Å². The second kappa shape index (κ2) is 6.25. The molecule has 0 bridgehead atoms. The van der Waals surface area contributed by atoms with E-state index in [0.717, 1.165) is 13.1 Å². The molecule has 94 valence electrons. The Morgan fingerprint density at radius 2 is 1.44 bits per heavy atom. The molecule has 18 heavy (non-hydrogen) atoms. The van der Waals surface area contributed by atoms with Crippen LogP contribution in [0.4, 0.5) is 5.69 Å². The van der Waals surface area contributed by atoms with Gasteiger partial charge in [-0.3, -0.25) is 0 Å². The molecule has 2 aromatic carbocycles. The first-order valence-electron chi connectivity index (χ1n) is 6.66. The summed E-state index contributed by atoms with van der Waals surface area (Å²) in [4.78, 5) is 2.43. The first kappa shape index (κ1) is 12.7. The van der Waals surface area contributed by atoms with Gasteiger partial charge in [0.05, 0.1) is 0 Å². The van der Waals surface area contributed by atoms with Gasteiger partial charge in [-0.2, -0.15) is 0 Å². The molecule has 2 rings (SSSR count). The van der Waals surface area contributed by atoms with Crippen LogP contribution in [0.3, 0.4) is 0 Å². The molecular formula is C17H21N.